The molecule has 0 aliphatic carbocycles. The monoisotopic (exact) mass is 548 g/mol. The van der Waals surface area contributed by atoms with Crippen LogP contribution in [-0.4, -0.2) is 72.8 Å². The minimum atomic E-state index is -0.901. The lowest BCUT2D eigenvalue weighted by atomic mass is 9.78. The molecule has 38 heavy (non-hydrogen) atoms. The molecule has 2 N–H and O–H groups in total. The molecule has 2 aromatic carbocycles. The molecule has 2 rings (SSSR count). The zero-order valence-corrected chi connectivity index (χ0v) is 23.5. The van der Waals surface area contributed by atoms with Gasteiger partial charge in [-0.1, -0.05) is 45.0 Å². The smallest absolute Gasteiger partial charge is 0.306 e. The Morgan fingerprint density at radius 3 is 1.58 bits per heavy atom. The van der Waals surface area contributed by atoms with E-state index in [9.17, 15) is 19.8 Å². The zero-order chi connectivity index (χ0) is 28.0. The van der Waals surface area contributed by atoms with Crippen molar-refractivity contribution in [2.45, 2.75) is 57.7 Å². The first-order valence-corrected chi connectivity index (χ1v) is 14.2. The van der Waals surface area contributed by atoms with Gasteiger partial charge >= 0.3 is 11.9 Å². The van der Waals surface area contributed by atoms with Crippen molar-refractivity contribution in [3.8, 4) is 11.5 Å². The van der Waals surface area contributed by atoms with Gasteiger partial charge in [0.05, 0.1) is 6.42 Å². The lowest BCUT2D eigenvalue weighted by molar-refractivity contribution is -0.147. The fraction of sp³-hybridized carbons (Fsp3) is 0.517. The van der Waals surface area contributed by atoms with Gasteiger partial charge < -0.3 is 29.2 Å². The van der Waals surface area contributed by atoms with E-state index in [0.29, 0.717) is 36.5 Å². The fourth-order valence-corrected chi connectivity index (χ4v) is 3.87. The molecular weight excluding hydrogens is 508 g/mol. The fourth-order valence-electron chi connectivity index (χ4n) is 3.50. The molecule has 0 saturated heterocycles. The van der Waals surface area contributed by atoms with Crippen LogP contribution in [0.5, 0.6) is 11.5 Å². The van der Waals surface area contributed by atoms with Crippen LogP contribution in [0.1, 0.15) is 51.2 Å². The lowest BCUT2D eigenvalue weighted by Crippen LogP contribution is -2.25. The van der Waals surface area contributed by atoms with Gasteiger partial charge in [0.2, 0.25) is 0 Å². The summed E-state index contributed by atoms with van der Waals surface area (Å²) in [5.74, 6) is 1.26. The topological polar surface area (TPSA) is 112 Å². The second kappa shape index (κ2) is 16.3. The summed E-state index contributed by atoms with van der Waals surface area (Å²) < 4.78 is 21.3. The van der Waals surface area contributed by atoms with Crippen LogP contribution in [0.15, 0.2) is 48.5 Å². The number of carbonyl (C=O) groups excluding carboxylic acids is 2. The minimum absolute atomic E-state index is 0.0237. The average Bonchev–Trinajstić information content (AvgIpc) is 2.92. The first-order valence-electron chi connectivity index (χ1n) is 12.8. The van der Waals surface area contributed by atoms with Gasteiger partial charge in [-0.3, -0.25) is 9.59 Å². The molecule has 0 spiro atoms. The molecule has 0 saturated carbocycles. The van der Waals surface area contributed by atoms with Crippen molar-refractivity contribution < 1.29 is 38.7 Å². The van der Waals surface area contributed by atoms with Gasteiger partial charge in [-0.05, 0) is 48.1 Å². The molecule has 8 nitrogen and oxygen atoms in total. The van der Waals surface area contributed by atoms with E-state index < -0.39 is 12.2 Å². The highest BCUT2D eigenvalue weighted by molar-refractivity contribution is 7.98. The van der Waals surface area contributed by atoms with E-state index in [1.807, 2.05) is 61.7 Å². The summed E-state index contributed by atoms with van der Waals surface area (Å²) in [6, 6.07) is 15.3. The number of benzene rings is 2. The van der Waals surface area contributed by atoms with E-state index in [1.165, 1.54) is 0 Å². The minimum Gasteiger partial charge on any atom is -0.491 e. The highest BCUT2D eigenvalue weighted by Gasteiger charge is 2.23. The largest absolute Gasteiger partial charge is 0.491 e. The Kier molecular flexibility index (Phi) is 13.5. The van der Waals surface area contributed by atoms with Crippen LogP contribution in [-0.2, 0) is 24.5 Å². The number of ether oxygens (including phenoxy) is 4. The Labute approximate surface area is 229 Å². The van der Waals surface area contributed by atoms with Crippen LogP contribution >= 0.6 is 11.8 Å². The Balaban J connectivity index is 1.83. The molecule has 9 heteroatoms. The van der Waals surface area contributed by atoms with Gasteiger partial charge in [-0.2, -0.15) is 11.8 Å². The van der Waals surface area contributed by atoms with Crippen molar-refractivity contribution in [1.82, 2.24) is 0 Å². The Bertz CT molecular complexity index is 975. The zero-order valence-electron chi connectivity index (χ0n) is 22.7. The molecule has 2 atom stereocenters. The number of esters is 2. The highest BCUT2D eigenvalue weighted by atomic mass is 32.2. The van der Waals surface area contributed by atoms with Gasteiger partial charge in [0.1, 0.15) is 50.1 Å². The Morgan fingerprint density at radius 1 is 0.763 bits per heavy atom. The number of hydrogen-bond donors (Lipinski definition) is 2. The first-order chi connectivity index (χ1) is 18.1. The van der Waals surface area contributed by atoms with Crippen molar-refractivity contribution in [3.05, 3.63) is 59.7 Å². The van der Waals surface area contributed by atoms with Crippen molar-refractivity contribution in [2.75, 3.05) is 38.4 Å². The van der Waals surface area contributed by atoms with Gasteiger partial charge in [0.15, 0.2) is 0 Å². The quantitative estimate of drug-likeness (QED) is 0.282. The summed E-state index contributed by atoms with van der Waals surface area (Å²) in [5, 5.41) is 20.0. The van der Waals surface area contributed by atoms with Crippen LogP contribution < -0.4 is 9.47 Å². The van der Waals surface area contributed by atoms with Crippen molar-refractivity contribution in [1.29, 1.82) is 0 Å². The Morgan fingerprint density at radius 2 is 1.18 bits per heavy atom. The van der Waals surface area contributed by atoms with E-state index in [1.54, 1.807) is 11.8 Å². The van der Waals surface area contributed by atoms with Gasteiger partial charge in [-0.15, -0.1) is 0 Å². The van der Waals surface area contributed by atoms with Crippen LogP contribution in [0.25, 0.3) is 0 Å². The Hall–Kier alpha value is -2.75. The maximum atomic E-state index is 11.6. The highest BCUT2D eigenvalue weighted by Crippen LogP contribution is 2.33. The molecule has 0 heterocycles. The molecule has 0 aliphatic heterocycles. The number of hydrogen-bond acceptors (Lipinski definition) is 9. The van der Waals surface area contributed by atoms with E-state index >= 15 is 0 Å². The van der Waals surface area contributed by atoms with Gasteiger partial charge in [0.25, 0.3) is 0 Å². The normalized spacial score (nSPS) is 12.9. The molecule has 2 aromatic rings. The third kappa shape index (κ3) is 10.9. The third-order valence-corrected chi connectivity index (χ3v) is 6.49. The molecule has 0 radical (unpaired) electrons. The van der Waals surface area contributed by atoms with Crippen LogP contribution in [0.4, 0.5) is 0 Å². The lowest BCUT2D eigenvalue weighted by Gasteiger charge is -2.26. The number of thioether (sulfide) groups is 1. The predicted molar refractivity (Wildman–Crippen MR) is 148 cm³/mol. The van der Waals surface area contributed by atoms with E-state index in [-0.39, 0.29) is 43.8 Å². The van der Waals surface area contributed by atoms with Crippen LogP contribution in [0.3, 0.4) is 0 Å². The standard InChI is InChI=1S/C29H40O8S/c1-5-6-27(32)36-19-23(30)17-34-25-11-7-21(8-12-25)29(2,3)22-9-13-26(14-10-22)35-18-24(31)20-37-28(33)15-16-38-4/h7-14,23-24,30-31H,5-6,15-20H2,1-4H3. The van der Waals surface area contributed by atoms with E-state index in [4.69, 9.17) is 18.9 Å². The second-order valence-electron chi connectivity index (χ2n) is 9.46. The molecule has 210 valence electrons. The maximum Gasteiger partial charge on any atom is 0.306 e. The molecule has 0 aromatic heterocycles. The molecule has 2 unspecified atom stereocenters. The predicted octanol–water partition coefficient (Wildman–Crippen LogP) is 4.13. The van der Waals surface area contributed by atoms with Gasteiger partial charge in [-0.25, -0.2) is 0 Å². The van der Waals surface area contributed by atoms with E-state index in [2.05, 4.69) is 13.8 Å². The van der Waals surface area contributed by atoms with Crippen molar-refractivity contribution >= 4 is 23.7 Å². The maximum absolute atomic E-state index is 11.6. The molecule has 0 fully saturated rings. The summed E-state index contributed by atoms with van der Waals surface area (Å²) in [6.07, 6.45) is 1.48. The summed E-state index contributed by atoms with van der Waals surface area (Å²) in [6.45, 7) is 5.98. The molecular formula is C29H40O8S. The SMILES string of the molecule is CCCC(=O)OCC(O)COc1ccc(C(C)(C)c2ccc(OCC(O)COC(=O)CCSC)cc2)cc1. The van der Waals surface area contributed by atoms with Gasteiger partial charge in [0, 0.05) is 17.6 Å². The van der Waals surface area contributed by atoms with Crippen LogP contribution in [0.2, 0.25) is 0 Å². The number of aliphatic hydroxyl groups is 2. The molecule has 0 aliphatic rings. The summed E-state index contributed by atoms with van der Waals surface area (Å²) in [5.41, 5.74) is 1.85. The summed E-state index contributed by atoms with van der Waals surface area (Å²) in [4.78, 5) is 23.0. The third-order valence-electron chi connectivity index (χ3n) is 5.87. The molecule has 0 amide bonds. The second-order valence-corrected chi connectivity index (χ2v) is 10.4. The number of rotatable bonds is 17. The number of aliphatic hydroxyl groups excluding tert-OH is 2. The summed E-state index contributed by atoms with van der Waals surface area (Å²) in [7, 11) is 0. The first kappa shape index (κ1) is 31.5. The van der Waals surface area contributed by atoms with Crippen molar-refractivity contribution in [3.63, 3.8) is 0 Å². The molecule has 0 bridgehead atoms. The number of carbonyl (C=O) groups is 2. The van der Waals surface area contributed by atoms with E-state index in [0.717, 1.165) is 11.1 Å². The van der Waals surface area contributed by atoms with Crippen LogP contribution in [0, 0.1) is 0 Å². The summed E-state index contributed by atoms with van der Waals surface area (Å²) >= 11 is 1.57. The average molecular weight is 549 g/mol. The van der Waals surface area contributed by atoms with Crippen molar-refractivity contribution in [2.24, 2.45) is 0 Å².